The summed E-state index contributed by atoms with van der Waals surface area (Å²) in [6.07, 6.45) is 6.57. The Kier molecular flexibility index (Phi) is 6.94. The lowest BCUT2D eigenvalue weighted by atomic mass is 9.92. The van der Waals surface area contributed by atoms with Crippen LogP contribution in [0.3, 0.4) is 0 Å². The second-order valence-corrected chi connectivity index (χ2v) is 16.4. The molecule has 0 N–H and O–H groups in total. The molecule has 0 saturated carbocycles. The van der Waals surface area contributed by atoms with E-state index in [4.69, 9.17) is 23.8 Å². The molecule has 0 amide bonds. The van der Waals surface area contributed by atoms with Crippen molar-refractivity contribution < 1.29 is 8.83 Å². The number of furan rings is 2. The number of allylic oxidation sites excluding steroid dienone is 1. The van der Waals surface area contributed by atoms with Crippen LogP contribution in [0, 0.1) is 0 Å². The number of nitrogens with zero attached hydrogens (tertiary/aromatic N) is 3. The molecule has 59 heavy (non-hydrogen) atoms. The molecule has 4 heterocycles. The van der Waals surface area contributed by atoms with Gasteiger partial charge in [0, 0.05) is 53.2 Å². The van der Waals surface area contributed by atoms with Gasteiger partial charge in [0.2, 0.25) is 0 Å². The smallest absolute Gasteiger partial charge is 0.164 e. The number of fused-ring (bicyclic) bond motifs is 11. The van der Waals surface area contributed by atoms with E-state index < -0.39 is 0 Å². The van der Waals surface area contributed by atoms with Gasteiger partial charge in [0.25, 0.3) is 0 Å². The summed E-state index contributed by atoms with van der Waals surface area (Å²) in [6.45, 7) is 0. The molecule has 0 bridgehead atoms. The summed E-state index contributed by atoms with van der Waals surface area (Å²) in [7, 11) is 0. The number of aromatic nitrogens is 3. The zero-order chi connectivity index (χ0) is 38.6. The zero-order valence-electron chi connectivity index (χ0n) is 31.6. The minimum absolute atomic E-state index is 0.625. The van der Waals surface area contributed by atoms with Crippen molar-refractivity contribution in [1.29, 1.82) is 0 Å². The summed E-state index contributed by atoms with van der Waals surface area (Å²) in [4.78, 5) is 17.3. The number of hydrogen-bond donors (Lipinski definition) is 0. The number of benzene rings is 8. The Bertz CT molecular complexity index is 3760. The Morgan fingerprint density at radius 1 is 0.441 bits per heavy atom. The molecule has 276 valence electrons. The van der Waals surface area contributed by atoms with Crippen LogP contribution in [-0.2, 0) is 6.42 Å². The fourth-order valence-electron chi connectivity index (χ4n) is 9.30. The molecular formula is C53H31N3O2S. The summed E-state index contributed by atoms with van der Waals surface area (Å²) in [6, 6.07) is 53.2. The second-order valence-electron chi connectivity index (χ2n) is 15.4. The van der Waals surface area contributed by atoms with Crippen molar-refractivity contribution in [2.24, 2.45) is 0 Å². The van der Waals surface area contributed by atoms with E-state index in [1.807, 2.05) is 35.6 Å². The van der Waals surface area contributed by atoms with Crippen LogP contribution in [-0.4, -0.2) is 15.0 Å². The van der Waals surface area contributed by atoms with Gasteiger partial charge in [0.15, 0.2) is 17.5 Å². The third-order valence-electron chi connectivity index (χ3n) is 12.0. The first-order valence-electron chi connectivity index (χ1n) is 20.0. The van der Waals surface area contributed by atoms with Crippen molar-refractivity contribution in [2.75, 3.05) is 0 Å². The summed E-state index contributed by atoms with van der Waals surface area (Å²) in [5.74, 6) is 1.93. The van der Waals surface area contributed by atoms with E-state index in [0.29, 0.717) is 17.5 Å². The van der Waals surface area contributed by atoms with Crippen LogP contribution >= 0.6 is 11.3 Å². The van der Waals surface area contributed by atoms with Crippen LogP contribution in [0.25, 0.3) is 127 Å². The van der Waals surface area contributed by atoms with E-state index in [2.05, 4.69) is 140 Å². The maximum Gasteiger partial charge on any atom is 0.164 e. The summed E-state index contributed by atoms with van der Waals surface area (Å²) in [5.41, 5.74) is 10.0. The third-order valence-corrected chi connectivity index (χ3v) is 13.2. The van der Waals surface area contributed by atoms with Crippen LogP contribution < -0.4 is 0 Å². The number of hydrogen-bond acceptors (Lipinski definition) is 6. The molecule has 0 radical (unpaired) electrons. The van der Waals surface area contributed by atoms with Gasteiger partial charge in [-0.15, -0.1) is 11.3 Å². The van der Waals surface area contributed by atoms with E-state index in [9.17, 15) is 0 Å². The lowest BCUT2D eigenvalue weighted by Crippen LogP contribution is -2.01. The molecule has 0 saturated heterocycles. The van der Waals surface area contributed by atoms with E-state index >= 15 is 0 Å². The van der Waals surface area contributed by atoms with Gasteiger partial charge in [0.1, 0.15) is 22.3 Å². The first-order valence-corrected chi connectivity index (χ1v) is 20.8. The van der Waals surface area contributed by atoms with Gasteiger partial charge in [-0.1, -0.05) is 109 Å². The largest absolute Gasteiger partial charge is 0.456 e. The highest BCUT2D eigenvalue weighted by Crippen LogP contribution is 2.44. The molecule has 12 aromatic rings. The van der Waals surface area contributed by atoms with E-state index in [1.54, 1.807) is 0 Å². The predicted octanol–water partition coefficient (Wildman–Crippen LogP) is 14.8. The molecule has 0 aliphatic heterocycles. The summed E-state index contributed by atoms with van der Waals surface area (Å²) in [5, 5.41) is 10.1. The van der Waals surface area contributed by atoms with Crippen molar-refractivity contribution in [2.45, 2.75) is 12.8 Å². The fourth-order valence-corrected chi connectivity index (χ4v) is 10.5. The normalized spacial score (nSPS) is 12.9. The maximum absolute atomic E-state index is 6.32. The first-order chi connectivity index (χ1) is 29.2. The number of thiophene rings is 1. The lowest BCUT2D eigenvalue weighted by Gasteiger charge is -2.14. The molecule has 6 heteroatoms. The van der Waals surface area contributed by atoms with Gasteiger partial charge in [-0.2, -0.15) is 0 Å². The molecule has 0 spiro atoms. The summed E-state index contributed by atoms with van der Waals surface area (Å²) >= 11 is 1.84. The van der Waals surface area contributed by atoms with Crippen LogP contribution in [0.15, 0.2) is 167 Å². The number of rotatable bonds is 4. The molecule has 1 aliphatic rings. The standard InChI is InChI=1S/C53H31N3O2S/c1-2-12-34-33(11-1)35(37-16-9-20-45-49(37)39-14-4-7-19-44(39)57-45)25-26-38(34)52-54-51(55-53(56-52)41-17-10-22-48-50(41)40-15-5-8-21-47(40)59-48)31-24-23-30-28-42-36-13-3-6-18-43(36)58-46(42)29-32(30)27-31/h1-4,6-14,16-29H,5,15H2. The molecule has 0 fully saturated rings. The maximum atomic E-state index is 6.32. The van der Waals surface area contributed by atoms with Crippen molar-refractivity contribution in [3.05, 3.63) is 168 Å². The van der Waals surface area contributed by atoms with Crippen molar-refractivity contribution in [3.8, 4) is 45.3 Å². The predicted molar refractivity (Wildman–Crippen MR) is 244 cm³/mol. The monoisotopic (exact) mass is 773 g/mol. The summed E-state index contributed by atoms with van der Waals surface area (Å²) < 4.78 is 13.9. The topological polar surface area (TPSA) is 65.0 Å². The lowest BCUT2D eigenvalue weighted by molar-refractivity contribution is 0.669. The van der Waals surface area contributed by atoms with Gasteiger partial charge in [0.05, 0.1) is 0 Å². The Balaban J connectivity index is 1.04. The van der Waals surface area contributed by atoms with Crippen molar-refractivity contribution in [3.63, 3.8) is 0 Å². The van der Waals surface area contributed by atoms with Crippen molar-refractivity contribution >= 4 is 92.9 Å². The molecule has 13 rings (SSSR count). The quantitative estimate of drug-likeness (QED) is 0.178. The van der Waals surface area contributed by atoms with E-state index in [1.165, 1.54) is 20.5 Å². The van der Waals surface area contributed by atoms with Gasteiger partial charge in [-0.05, 0) is 106 Å². The molecule has 0 unspecified atom stereocenters. The van der Waals surface area contributed by atoms with Crippen LogP contribution in [0.2, 0.25) is 0 Å². The molecule has 8 aromatic carbocycles. The minimum Gasteiger partial charge on any atom is -0.456 e. The second kappa shape index (κ2) is 12.5. The van der Waals surface area contributed by atoms with E-state index in [-0.39, 0.29) is 0 Å². The average Bonchev–Trinajstić information content (AvgIpc) is 3.98. The van der Waals surface area contributed by atoms with Gasteiger partial charge >= 0.3 is 0 Å². The average molecular weight is 774 g/mol. The SMILES string of the molecule is C1=Cc2sc3cccc(-c4nc(-c5ccc6cc7c(cc6c5)oc5ccccc57)nc(-c5ccc(-c6cccc7oc8ccccc8c67)c6ccccc56)n4)c3c2CC1. The van der Waals surface area contributed by atoms with Gasteiger partial charge in [-0.3, -0.25) is 0 Å². The molecule has 5 nitrogen and oxygen atoms in total. The Morgan fingerprint density at radius 3 is 2.00 bits per heavy atom. The number of para-hydroxylation sites is 2. The Hall–Kier alpha value is -7.41. The highest BCUT2D eigenvalue weighted by molar-refractivity contribution is 7.20. The van der Waals surface area contributed by atoms with Crippen LogP contribution in [0.1, 0.15) is 16.9 Å². The van der Waals surface area contributed by atoms with Crippen molar-refractivity contribution in [1.82, 2.24) is 15.0 Å². The van der Waals surface area contributed by atoms with Crippen LogP contribution in [0.4, 0.5) is 0 Å². The minimum atomic E-state index is 0.625. The fraction of sp³-hybridized carbons (Fsp3) is 0.0377. The Morgan fingerprint density at radius 2 is 1.12 bits per heavy atom. The molecule has 1 aliphatic carbocycles. The first kappa shape index (κ1) is 32.7. The van der Waals surface area contributed by atoms with E-state index in [0.717, 1.165) is 106 Å². The number of aryl methyl sites for hydroxylation is 1. The van der Waals surface area contributed by atoms with Crippen LogP contribution in [0.5, 0.6) is 0 Å². The zero-order valence-corrected chi connectivity index (χ0v) is 32.4. The van der Waals surface area contributed by atoms with Gasteiger partial charge in [-0.25, -0.2) is 15.0 Å². The third kappa shape index (κ3) is 5.00. The highest BCUT2D eigenvalue weighted by Gasteiger charge is 2.22. The van der Waals surface area contributed by atoms with Gasteiger partial charge < -0.3 is 8.83 Å². The molecule has 4 aromatic heterocycles. The molecular weight excluding hydrogens is 743 g/mol. The highest BCUT2D eigenvalue weighted by atomic mass is 32.1. The molecule has 0 atom stereocenters. The Labute approximate surface area is 341 Å².